The first-order valence-electron chi connectivity index (χ1n) is 9.81. The zero-order valence-electron chi connectivity index (χ0n) is 16.0. The first kappa shape index (κ1) is 18.0. The lowest BCUT2D eigenvalue weighted by molar-refractivity contribution is 0.175. The number of carbonyl (C=O) groups excluding carboxylic acids is 1. The molecule has 1 aromatic heterocycles. The maximum Gasteiger partial charge on any atom is 0.317 e. The Morgan fingerprint density at radius 3 is 2.59 bits per heavy atom. The summed E-state index contributed by atoms with van der Waals surface area (Å²) in [5.74, 6) is 1.63. The van der Waals surface area contributed by atoms with Crippen molar-refractivity contribution in [2.45, 2.75) is 44.6 Å². The van der Waals surface area contributed by atoms with Crippen LogP contribution in [0, 0.1) is 18.7 Å². The van der Waals surface area contributed by atoms with Crippen molar-refractivity contribution in [2.24, 2.45) is 13.0 Å². The number of aromatic nitrogens is 2. The third-order valence-corrected chi connectivity index (χ3v) is 5.96. The number of piperidine rings is 1. The molecule has 1 saturated heterocycles. The quantitative estimate of drug-likeness (QED) is 0.887. The summed E-state index contributed by atoms with van der Waals surface area (Å²) >= 11 is 0. The third-order valence-electron chi connectivity index (χ3n) is 5.96. The number of carbonyl (C=O) groups is 1. The predicted molar refractivity (Wildman–Crippen MR) is 102 cm³/mol. The molecular weight excluding hydrogens is 343 g/mol. The lowest BCUT2D eigenvalue weighted by Crippen LogP contribution is -2.46. The summed E-state index contributed by atoms with van der Waals surface area (Å²) < 4.78 is 15.3. The molecule has 1 unspecified atom stereocenters. The Kier molecular flexibility index (Phi) is 4.89. The monoisotopic (exact) mass is 370 g/mol. The average molecular weight is 370 g/mol. The number of rotatable bonds is 4. The molecule has 1 atom stereocenters. The number of urea groups is 1. The molecule has 4 rings (SSSR count). The second-order valence-corrected chi connectivity index (χ2v) is 7.92. The number of nitrogens with one attached hydrogen (secondary N) is 1. The molecule has 0 radical (unpaired) electrons. The molecule has 2 fully saturated rings. The Labute approximate surface area is 159 Å². The summed E-state index contributed by atoms with van der Waals surface area (Å²) in [7, 11) is 1.97. The highest BCUT2D eigenvalue weighted by Crippen LogP contribution is 2.40. The number of hydrogen-bond acceptors (Lipinski definition) is 2. The number of likely N-dealkylation sites (tertiary alicyclic amines) is 1. The Bertz CT molecular complexity index is 821. The minimum Gasteiger partial charge on any atom is -0.336 e. The van der Waals surface area contributed by atoms with Crippen molar-refractivity contribution >= 4 is 6.03 Å². The molecule has 1 aliphatic heterocycles. The number of halogens is 1. The van der Waals surface area contributed by atoms with E-state index in [-0.39, 0.29) is 17.9 Å². The van der Waals surface area contributed by atoms with Crippen LogP contribution in [-0.2, 0) is 7.05 Å². The van der Waals surface area contributed by atoms with Gasteiger partial charge in [-0.05, 0) is 67.7 Å². The van der Waals surface area contributed by atoms with Gasteiger partial charge < -0.3 is 14.8 Å². The van der Waals surface area contributed by atoms with Crippen LogP contribution in [0.1, 0.15) is 54.6 Å². The number of benzene rings is 1. The van der Waals surface area contributed by atoms with Crippen LogP contribution in [0.25, 0.3) is 0 Å². The largest absolute Gasteiger partial charge is 0.336 e. The Morgan fingerprint density at radius 2 is 2.00 bits per heavy atom. The van der Waals surface area contributed by atoms with Gasteiger partial charge in [0.05, 0.1) is 6.04 Å². The fourth-order valence-corrected chi connectivity index (χ4v) is 4.21. The molecule has 5 nitrogen and oxygen atoms in total. The summed E-state index contributed by atoms with van der Waals surface area (Å²) in [5, 5.41) is 3.22. The second kappa shape index (κ2) is 7.33. The lowest BCUT2D eigenvalue weighted by atomic mass is 9.87. The van der Waals surface area contributed by atoms with E-state index in [2.05, 4.69) is 10.3 Å². The average Bonchev–Trinajstić information content (AvgIpc) is 3.41. The first-order chi connectivity index (χ1) is 13.0. The van der Waals surface area contributed by atoms with Crippen LogP contribution >= 0.6 is 0 Å². The molecule has 2 aliphatic rings. The van der Waals surface area contributed by atoms with Gasteiger partial charge in [0.25, 0.3) is 0 Å². The third kappa shape index (κ3) is 3.84. The molecule has 0 spiro atoms. The molecule has 1 aliphatic carbocycles. The smallest absolute Gasteiger partial charge is 0.317 e. The second-order valence-electron chi connectivity index (χ2n) is 7.92. The van der Waals surface area contributed by atoms with E-state index < -0.39 is 0 Å². The lowest BCUT2D eigenvalue weighted by Gasteiger charge is -2.34. The van der Waals surface area contributed by atoms with Gasteiger partial charge in [-0.3, -0.25) is 0 Å². The van der Waals surface area contributed by atoms with Gasteiger partial charge in [0.1, 0.15) is 11.6 Å². The number of nitrogens with zero attached hydrogens (tertiary/aromatic N) is 3. The summed E-state index contributed by atoms with van der Waals surface area (Å²) in [5.41, 5.74) is 2.21. The molecule has 0 bridgehead atoms. The van der Waals surface area contributed by atoms with Crippen LogP contribution in [0.2, 0.25) is 0 Å². The Hall–Kier alpha value is -2.37. The SMILES string of the molecule is Cc1cc(F)ccc1C1CCN(C(=O)NC(c2nccn2C)C2CC2)CC1. The number of imidazole rings is 1. The predicted octanol–water partition coefficient (Wildman–Crippen LogP) is 3.91. The highest BCUT2D eigenvalue weighted by molar-refractivity contribution is 5.74. The minimum atomic E-state index is -0.187. The summed E-state index contributed by atoms with van der Waals surface area (Å²) in [6.07, 6.45) is 7.82. The molecule has 2 heterocycles. The minimum absolute atomic E-state index is 0.00387. The van der Waals surface area contributed by atoms with Gasteiger partial charge >= 0.3 is 6.03 Å². The van der Waals surface area contributed by atoms with Crippen LogP contribution in [0.15, 0.2) is 30.6 Å². The Morgan fingerprint density at radius 1 is 1.26 bits per heavy atom. The van der Waals surface area contributed by atoms with E-state index in [1.807, 2.05) is 35.7 Å². The zero-order valence-corrected chi connectivity index (χ0v) is 16.0. The summed E-state index contributed by atoms with van der Waals surface area (Å²) in [4.78, 5) is 19.2. The molecule has 6 heteroatoms. The van der Waals surface area contributed by atoms with E-state index in [1.165, 1.54) is 11.6 Å². The van der Waals surface area contributed by atoms with Gasteiger partial charge in [-0.2, -0.15) is 0 Å². The van der Waals surface area contributed by atoms with E-state index in [4.69, 9.17) is 0 Å². The van der Waals surface area contributed by atoms with E-state index >= 15 is 0 Å². The molecule has 144 valence electrons. The van der Waals surface area contributed by atoms with Crippen LogP contribution in [0.5, 0.6) is 0 Å². The van der Waals surface area contributed by atoms with Crippen molar-refractivity contribution in [3.05, 3.63) is 53.4 Å². The molecular formula is C21H27FN4O. The summed E-state index contributed by atoms with van der Waals surface area (Å²) in [6, 6.07) is 5.03. The van der Waals surface area contributed by atoms with E-state index in [0.717, 1.165) is 50.2 Å². The van der Waals surface area contributed by atoms with Crippen molar-refractivity contribution in [3.8, 4) is 0 Å². The van der Waals surface area contributed by atoms with Crippen molar-refractivity contribution in [1.82, 2.24) is 19.8 Å². The maximum atomic E-state index is 13.4. The highest BCUT2D eigenvalue weighted by Gasteiger charge is 2.37. The summed E-state index contributed by atoms with van der Waals surface area (Å²) in [6.45, 7) is 3.42. The number of hydrogen-bond donors (Lipinski definition) is 1. The van der Waals surface area contributed by atoms with Crippen molar-refractivity contribution in [2.75, 3.05) is 13.1 Å². The van der Waals surface area contributed by atoms with Crippen molar-refractivity contribution < 1.29 is 9.18 Å². The van der Waals surface area contributed by atoms with Gasteiger partial charge in [-0.1, -0.05) is 6.07 Å². The Balaban J connectivity index is 1.37. The van der Waals surface area contributed by atoms with Gasteiger partial charge in [0.15, 0.2) is 0 Å². The molecule has 1 saturated carbocycles. The van der Waals surface area contributed by atoms with E-state index in [1.54, 1.807) is 12.3 Å². The van der Waals surface area contributed by atoms with Gasteiger partial charge in [0, 0.05) is 32.5 Å². The highest BCUT2D eigenvalue weighted by atomic mass is 19.1. The first-order valence-corrected chi connectivity index (χ1v) is 9.81. The molecule has 1 aromatic carbocycles. The standard InChI is InChI=1S/C21H27FN4O/c1-14-13-17(22)5-6-18(14)15-7-10-26(11-8-15)21(27)24-19(16-3-4-16)20-23-9-12-25(20)2/h5-6,9,12-13,15-16,19H,3-4,7-8,10-11H2,1-2H3,(H,24,27). The van der Waals surface area contributed by atoms with Crippen molar-refractivity contribution in [3.63, 3.8) is 0 Å². The molecule has 27 heavy (non-hydrogen) atoms. The number of aryl methyl sites for hydroxylation is 2. The van der Waals surface area contributed by atoms with Crippen molar-refractivity contribution in [1.29, 1.82) is 0 Å². The zero-order chi connectivity index (χ0) is 19.0. The maximum absolute atomic E-state index is 13.4. The van der Waals surface area contributed by atoms with Crippen LogP contribution < -0.4 is 5.32 Å². The molecule has 1 N–H and O–H groups in total. The number of amides is 2. The van der Waals surface area contributed by atoms with E-state index in [9.17, 15) is 9.18 Å². The van der Waals surface area contributed by atoms with Gasteiger partial charge in [-0.25, -0.2) is 14.2 Å². The fraction of sp³-hybridized carbons (Fsp3) is 0.524. The van der Waals surface area contributed by atoms with Gasteiger partial charge in [0.2, 0.25) is 0 Å². The fourth-order valence-electron chi connectivity index (χ4n) is 4.21. The topological polar surface area (TPSA) is 50.2 Å². The van der Waals surface area contributed by atoms with Crippen LogP contribution in [0.4, 0.5) is 9.18 Å². The molecule has 2 amide bonds. The molecule has 2 aromatic rings. The van der Waals surface area contributed by atoms with Crippen LogP contribution in [-0.4, -0.2) is 33.6 Å². The van der Waals surface area contributed by atoms with Crippen LogP contribution in [0.3, 0.4) is 0 Å². The normalized spacial score (nSPS) is 19.1. The van der Waals surface area contributed by atoms with E-state index in [0.29, 0.717) is 11.8 Å². The van der Waals surface area contributed by atoms with Gasteiger partial charge in [-0.15, -0.1) is 0 Å².